The number of rotatable bonds is 3. The van der Waals surface area contributed by atoms with E-state index in [9.17, 15) is 8.42 Å². The SMILES string of the molecule is Cc1coc(NS(=O)(=O)c2ccc(N)cc2Cl)n1. The topological polar surface area (TPSA) is 98.2 Å². The summed E-state index contributed by atoms with van der Waals surface area (Å²) in [6.07, 6.45) is 1.34. The molecule has 1 heterocycles. The highest BCUT2D eigenvalue weighted by molar-refractivity contribution is 7.92. The third-order valence-electron chi connectivity index (χ3n) is 2.09. The summed E-state index contributed by atoms with van der Waals surface area (Å²) in [4.78, 5) is 3.76. The molecule has 0 saturated heterocycles. The largest absolute Gasteiger partial charge is 0.431 e. The first-order chi connectivity index (χ1) is 8.38. The van der Waals surface area contributed by atoms with Crippen molar-refractivity contribution in [1.82, 2.24) is 4.98 Å². The van der Waals surface area contributed by atoms with Crippen LogP contribution in [0.2, 0.25) is 5.02 Å². The summed E-state index contributed by atoms with van der Waals surface area (Å²) in [6, 6.07) is 4.01. The Labute approximate surface area is 109 Å². The molecule has 96 valence electrons. The van der Waals surface area contributed by atoms with Gasteiger partial charge in [0.2, 0.25) is 0 Å². The Morgan fingerprint density at radius 3 is 2.72 bits per heavy atom. The van der Waals surface area contributed by atoms with Gasteiger partial charge in [-0.3, -0.25) is 0 Å². The summed E-state index contributed by atoms with van der Waals surface area (Å²) in [5, 5.41) is 0.0331. The van der Waals surface area contributed by atoms with E-state index < -0.39 is 10.0 Å². The molecular formula is C10H10ClN3O3S. The van der Waals surface area contributed by atoms with Crippen molar-refractivity contribution in [2.75, 3.05) is 10.5 Å². The van der Waals surface area contributed by atoms with Crippen LogP contribution in [0.15, 0.2) is 33.8 Å². The standard InChI is InChI=1S/C10H10ClN3O3S/c1-6-5-17-10(13-6)14-18(15,16)9-3-2-7(12)4-8(9)11/h2-5H,12H2,1H3,(H,13,14). The molecule has 18 heavy (non-hydrogen) atoms. The molecule has 1 aromatic heterocycles. The molecule has 8 heteroatoms. The molecule has 0 bridgehead atoms. The van der Waals surface area contributed by atoms with Gasteiger partial charge in [0.25, 0.3) is 10.0 Å². The van der Waals surface area contributed by atoms with Crippen LogP contribution in [-0.2, 0) is 10.0 Å². The first-order valence-corrected chi connectivity index (χ1v) is 6.74. The lowest BCUT2D eigenvalue weighted by molar-refractivity contribution is 0.569. The van der Waals surface area contributed by atoms with Gasteiger partial charge in [0.1, 0.15) is 11.2 Å². The molecule has 1 aromatic carbocycles. The van der Waals surface area contributed by atoms with Crippen LogP contribution >= 0.6 is 11.6 Å². The van der Waals surface area contributed by atoms with Crippen molar-refractivity contribution in [3.05, 3.63) is 35.2 Å². The number of nitrogens with zero attached hydrogens (tertiary/aromatic N) is 1. The molecule has 0 amide bonds. The molecular weight excluding hydrogens is 278 g/mol. The first-order valence-electron chi connectivity index (χ1n) is 4.88. The number of oxazole rings is 1. The third-order valence-corrected chi connectivity index (χ3v) is 3.89. The van der Waals surface area contributed by atoms with Crippen LogP contribution in [0.5, 0.6) is 0 Å². The Kier molecular flexibility index (Phi) is 3.18. The van der Waals surface area contributed by atoms with Gasteiger partial charge in [-0.15, -0.1) is 0 Å². The quantitative estimate of drug-likeness (QED) is 0.842. The number of nitrogens with one attached hydrogen (secondary N) is 1. The van der Waals surface area contributed by atoms with E-state index >= 15 is 0 Å². The summed E-state index contributed by atoms with van der Waals surface area (Å²) < 4.78 is 31.1. The number of sulfonamides is 1. The van der Waals surface area contributed by atoms with Crippen molar-refractivity contribution in [2.24, 2.45) is 0 Å². The molecule has 0 aliphatic rings. The Balaban J connectivity index is 2.36. The zero-order valence-corrected chi connectivity index (χ0v) is 10.9. The summed E-state index contributed by atoms with van der Waals surface area (Å²) in [7, 11) is -3.84. The Morgan fingerprint density at radius 1 is 1.44 bits per heavy atom. The van der Waals surface area contributed by atoms with E-state index in [2.05, 4.69) is 9.71 Å². The second-order valence-electron chi connectivity index (χ2n) is 3.59. The smallest absolute Gasteiger partial charge is 0.309 e. The van der Waals surface area contributed by atoms with Crippen LogP contribution in [0.25, 0.3) is 0 Å². The second kappa shape index (κ2) is 4.51. The lowest BCUT2D eigenvalue weighted by atomic mass is 10.3. The van der Waals surface area contributed by atoms with Gasteiger partial charge in [0.15, 0.2) is 0 Å². The Morgan fingerprint density at radius 2 is 2.17 bits per heavy atom. The van der Waals surface area contributed by atoms with Crippen LogP contribution in [0.4, 0.5) is 11.7 Å². The van der Waals surface area contributed by atoms with Crippen LogP contribution in [0, 0.1) is 6.92 Å². The molecule has 0 atom stereocenters. The molecule has 6 nitrogen and oxygen atoms in total. The average molecular weight is 288 g/mol. The maximum absolute atomic E-state index is 12.0. The van der Waals surface area contributed by atoms with Gasteiger partial charge in [0.05, 0.1) is 10.7 Å². The van der Waals surface area contributed by atoms with Gasteiger partial charge in [-0.1, -0.05) is 11.6 Å². The number of nitrogen functional groups attached to an aromatic ring is 1. The molecule has 2 aromatic rings. The number of benzene rings is 1. The molecule has 0 aliphatic carbocycles. The molecule has 0 unspecified atom stereocenters. The van der Waals surface area contributed by atoms with E-state index in [4.69, 9.17) is 21.8 Å². The summed E-state index contributed by atoms with van der Waals surface area (Å²) in [5.74, 6) is 0. The normalized spacial score (nSPS) is 11.4. The van der Waals surface area contributed by atoms with Crippen molar-refractivity contribution < 1.29 is 12.8 Å². The molecule has 0 saturated carbocycles. The second-order valence-corrected chi connectivity index (χ2v) is 5.65. The zero-order chi connectivity index (χ0) is 13.3. The Hall–Kier alpha value is -1.73. The van der Waals surface area contributed by atoms with Gasteiger partial charge >= 0.3 is 6.01 Å². The minimum atomic E-state index is -3.84. The van der Waals surface area contributed by atoms with E-state index in [0.29, 0.717) is 11.4 Å². The molecule has 0 radical (unpaired) electrons. The van der Waals surface area contributed by atoms with E-state index in [-0.39, 0.29) is 15.9 Å². The Bertz CT molecular complexity index is 681. The molecule has 0 fully saturated rings. The first kappa shape index (κ1) is 12.7. The molecule has 2 rings (SSSR count). The highest BCUT2D eigenvalue weighted by Crippen LogP contribution is 2.25. The summed E-state index contributed by atoms with van der Waals surface area (Å²) in [5.41, 5.74) is 6.44. The maximum Gasteiger partial charge on any atom is 0.309 e. The van der Waals surface area contributed by atoms with Gasteiger partial charge in [-0.05, 0) is 25.1 Å². The fourth-order valence-electron chi connectivity index (χ4n) is 1.31. The highest BCUT2D eigenvalue weighted by Gasteiger charge is 2.20. The third kappa shape index (κ3) is 2.57. The van der Waals surface area contributed by atoms with Crippen LogP contribution in [-0.4, -0.2) is 13.4 Å². The number of aromatic nitrogens is 1. The maximum atomic E-state index is 12.0. The van der Waals surface area contributed by atoms with Crippen molar-refractivity contribution in [3.8, 4) is 0 Å². The fourth-order valence-corrected chi connectivity index (χ4v) is 2.80. The number of hydrogen-bond acceptors (Lipinski definition) is 5. The predicted octanol–water partition coefficient (Wildman–Crippen LogP) is 2.02. The van der Waals surface area contributed by atoms with E-state index in [0.717, 1.165) is 0 Å². The number of halogens is 1. The lowest BCUT2D eigenvalue weighted by Gasteiger charge is -2.06. The fraction of sp³-hybridized carbons (Fsp3) is 0.100. The van der Waals surface area contributed by atoms with Crippen LogP contribution in [0.1, 0.15) is 5.69 Å². The minimum Gasteiger partial charge on any atom is -0.431 e. The van der Waals surface area contributed by atoms with Crippen molar-refractivity contribution in [1.29, 1.82) is 0 Å². The van der Waals surface area contributed by atoms with Crippen molar-refractivity contribution in [2.45, 2.75) is 11.8 Å². The number of aryl methyl sites for hydroxylation is 1. The number of hydrogen-bond donors (Lipinski definition) is 2. The minimum absolute atomic E-state index is 0.0331. The average Bonchev–Trinajstić information content (AvgIpc) is 2.62. The van der Waals surface area contributed by atoms with Gasteiger partial charge in [0, 0.05) is 5.69 Å². The lowest BCUT2D eigenvalue weighted by Crippen LogP contribution is -2.13. The van der Waals surface area contributed by atoms with E-state index in [1.165, 1.54) is 24.5 Å². The summed E-state index contributed by atoms with van der Waals surface area (Å²) in [6.45, 7) is 1.68. The molecule has 0 aliphatic heterocycles. The van der Waals surface area contributed by atoms with Gasteiger partial charge in [-0.25, -0.2) is 13.1 Å². The monoisotopic (exact) mass is 287 g/mol. The predicted molar refractivity (Wildman–Crippen MR) is 67.9 cm³/mol. The van der Waals surface area contributed by atoms with Gasteiger partial charge < -0.3 is 10.2 Å². The summed E-state index contributed by atoms with van der Waals surface area (Å²) >= 11 is 5.84. The number of nitrogens with two attached hydrogens (primary N) is 1. The van der Waals surface area contributed by atoms with Gasteiger partial charge in [-0.2, -0.15) is 4.98 Å². The van der Waals surface area contributed by atoms with Crippen LogP contribution in [0.3, 0.4) is 0 Å². The van der Waals surface area contributed by atoms with E-state index in [1.54, 1.807) is 6.92 Å². The highest BCUT2D eigenvalue weighted by atomic mass is 35.5. The molecule has 0 spiro atoms. The molecule has 3 N–H and O–H groups in total. The van der Waals surface area contributed by atoms with Crippen LogP contribution < -0.4 is 10.5 Å². The van der Waals surface area contributed by atoms with E-state index in [1.807, 2.05) is 0 Å². The zero-order valence-electron chi connectivity index (χ0n) is 9.34. The van der Waals surface area contributed by atoms with Crippen molar-refractivity contribution >= 4 is 33.3 Å². The van der Waals surface area contributed by atoms with Crippen molar-refractivity contribution in [3.63, 3.8) is 0 Å². The number of anilines is 2.